The molecule has 0 radical (unpaired) electrons. The van der Waals surface area contributed by atoms with Crippen LogP contribution in [0.1, 0.15) is 145 Å². The number of allylic oxidation sites excluding steroid dienone is 1. The molecule has 6 rings (SSSR count). The van der Waals surface area contributed by atoms with Crippen LogP contribution in [0.25, 0.3) is 0 Å². The fourth-order valence-corrected chi connectivity index (χ4v) is 13.5. The summed E-state index contributed by atoms with van der Waals surface area (Å²) in [4.78, 5) is 38.6. The molecule has 0 heterocycles. The van der Waals surface area contributed by atoms with Gasteiger partial charge in [0, 0.05) is 11.0 Å². The maximum Gasteiger partial charge on any atom is 0.315 e. The largest absolute Gasteiger partial charge is 0.481 e. The predicted octanol–water partition coefficient (Wildman–Crippen LogP) is 9.87. The van der Waals surface area contributed by atoms with Crippen LogP contribution < -0.4 is 10.6 Å². The van der Waals surface area contributed by atoms with Crippen molar-refractivity contribution in [1.29, 1.82) is 0 Å². The molecule has 0 spiro atoms. The molecule has 5 aliphatic carbocycles. The molecule has 5 aliphatic rings. The van der Waals surface area contributed by atoms with Crippen LogP contribution in [0.15, 0.2) is 42.5 Å². The molecule has 282 valence electrons. The number of aliphatic carboxylic acids is 1. The van der Waals surface area contributed by atoms with Crippen LogP contribution in [0.2, 0.25) is 0 Å². The van der Waals surface area contributed by atoms with Gasteiger partial charge in [-0.25, -0.2) is 4.79 Å². The lowest BCUT2D eigenvalue weighted by molar-refractivity contribution is -0.246. The van der Waals surface area contributed by atoms with Crippen molar-refractivity contribution in [2.24, 2.45) is 56.7 Å². The molecule has 5 saturated carbocycles. The molecule has 7 heteroatoms. The molecule has 2 amide bonds. The van der Waals surface area contributed by atoms with E-state index in [0.29, 0.717) is 29.6 Å². The minimum absolute atomic E-state index is 0.0542. The number of carboxylic acid groups (broad SMARTS) is 1. The van der Waals surface area contributed by atoms with E-state index in [0.717, 1.165) is 56.9 Å². The maximum atomic E-state index is 13.8. The van der Waals surface area contributed by atoms with Gasteiger partial charge in [-0.15, -0.1) is 0 Å². The van der Waals surface area contributed by atoms with E-state index in [1.54, 1.807) is 13.8 Å². The van der Waals surface area contributed by atoms with Crippen molar-refractivity contribution < 1.29 is 24.2 Å². The van der Waals surface area contributed by atoms with Crippen molar-refractivity contribution in [3.8, 4) is 0 Å². The van der Waals surface area contributed by atoms with Crippen LogP contribution in [0.4, 0.5) is 4.79 Å². The smallest absolute Gasteiger partial charge is 0.315 e. The van der Waals surface area contributed by atoms with Crippen LogP contribution in [-0.4, -0.2) is 34.7 Å². The van der Waals surface area contributed by atoms with E-state index in [1.165, 1.54) is 18.4 Å². The Kier molecular flexibility index (Phi) is 9.61. The molecule has 0 bridgehead atoms. The average molecular weight is 703 g/mol. The van der Waals surface area contributed by atoms with E-state index >= 15 is 0 Å². The maximum absolute atomic E-state index is 13.8. The normalized spacial score (nSPS) is 40.3. The number of carbonyl (C=O) groups excluding carboxylic acids is 2. The van der Waals surface area contributed by atoms with Gasteiger partial charge in [-0.2, -0.15) is 0 Å². The summed E-state index contributed by atoms with van der Waals surface area (Å²) < 4.78 is 6.18. The Balaban J connectivity index is 1.23. The van der Waals surface area contributed by atoms with E-state index in [1.807, 2.05) is 18.2 Å². The second-order valence-electron chi connectivity index (χ2n) is 19.8. The Morgan fingerprint density at radius 1 is 0.902 bits per heavy atom. The fraction of sp³-hybridized carbons (Fsp3) is 0.750. The Hall–Kier alpha value is -2.83. The third kappa shape index (κ3) is 6.05. The summed E-state index contributed by atoms with van der Waals surface area (Å²) in [5.41, 5.74) is 1.21. The van der Waals surface area contributed by atoms with Gasteiger partial charge in [0.15, 0.2) is 0 Å². The van der Waals surface area contributed by atoms with E-state index in [2.05, 4.69) is 77.8 Å². The van der Waals surface area contributed by atoms with E-state index in [4.69, 9.17) is 4.74 Å². The first-order valence-corrected chi connectivity index (χ1v) is 19.9. The third-order valence-electron chi connectivity index (χ3n) is 16.5. The first-order valence-electron chi connectivity index (χ1n) is 19.9. The lowest BCUT2D eigenvalue weighted by atomic mass is 9.32. The summed E-state index contributed by atoms with van der Waals surface area (Å²) in [6.45, 7) is 24.4. The van der Waals surface area contributed by atoms with Gasteiger partial charge in [-0.1, -0.05) is 77.1 Å². The molecule has 5 fully saturated rings. The minimum atomic E-state index is -1.15. The highest BCUT2D eigenvalue weighted by molar-refractivity contribution is 5.81. The second kappa shape index (κ2) is 12.9. The van der Waals surface area contributed by atoms with Crippen molar-refractivity contribution in [2.45, 2.75) is 151 Å². The summed E-state index contributed by atoms with van der Waals surface area (Å²) in [6.07, 6.45) is 10.3. The zero-order chi connectivity index (χ0) is 37.4. The highest BCUT2D eigenvalue weighted by atomic mass is 16.5. The van der Waals surface area contributed by atoms with Gasteiger partial charge in [0.1, 0.15) is 6.10 Å². The zero-order valence-electron chi connectivity index (χ0n) is 33.0. The number of rotatable bonds is 8. The van der Waals surface area contributed by atoms with Crippen LogP contribution in [0.5, 0.6) is 0 Å². The molecule has 11 atom stereocenters. The SMILES string of the molecule is C=C(C)[C@@H]1CC[C@]2(NC(=O)N[C@H](C)c3ccccc3)CC[C@]3(C)[C@H](CC[C@@H]4[C@@]5(C)CC[C@H](OC(=O)CC(C)(C)C(=O)O)C(C)(C)[C@@H]5CC[C@]43C)[C@@H]12. The Bertz CT molecular complexity index is 1540. The second-order valence-corrected chi connectivity index (χ2v) is 19.8. The number of fused-ring (bicyclic) bond motifs is 7. The molecular formula is C44H66N2O5. The molecule has 0 unspecified atom stereocenters. The van der Waals surface area contributed by atoms with E-state index < -0.39 is 17.4 Å². The molecule has 0 saturated heterocycles. The highest BCUT2D eigenvalue weighted by Gasteiger charge is 2.71. The molecule has 0 aromatic heterocycles. The van der Waals surface area contributed by atoms with Gasteiger partial charge >= 0.3 is 18.0 Å². The van der Waals surface area contributed by atoms with Gasteiger partial charge < -0.3 is 20.5 Å². The summed E-state index contributed by atoms with van der Waals surface area (Å²) >= 11 is 0. The number of urea groups is 1. The first kappa shape index (κ1) is 37.9. The van der Waals surface area contributed by atoms with Crippen molar-refractivity contribution in [2.75, 3.05) is 0 Å². The van der Waals surface area contributed by atoms with Gasteiger partial charge in [0.2, 0.25) is 0 Å². The van der Waals surface area contributed by atoms with Crippen molar-refractivity contribution in [3.63, 3.8) is 0 Å². The lowest BCUT2D eigenvalue weighted by Gasteiger charge is -2.73. The molecule has 3 N–H and O–H groups in total. The first-order chi connectivity index (χ1) is 23.7. The summed E-state index contributed by atoms with van der Waals surface area (Å²) in [6, 6.07) is 10.1. The molecule has 1 aromatic carbocycles. The predicted molar refractivity (Wildman–Crippen MR) is 202 cm³/mol. The fourth-order valence-electron chi connectivity index (χ4n) is 13.5. The standard InChI is InChI=1S/C44H66N2O5/c1-27(2)30-18-23-44(46-38(50)45-28(3)29-14-12-11-13-15-29)25-24-42(9)31(36(30)44)16-17-33-41(8)21-20-34(51-35(47)26-39(4,5)37(48)49)40(6,7)32(41)19-22-43(33,42)10/h11-15,28,30-34,36H,1,16-26H2,2-10H3,(H,48,49)(H2,45,46,50)/t28-,30+,31-,32+,33-,34+,36-,41+,42-,43-,44+/m1/s1. The van der Waals surface area contributed by atoms with Gasteiger partial charge in [0.05, 0.1) is 17.9 Å². The number of carbonyl (C=O) groups is 3. The zero-order valence-corrected chi connectivity index (χ0v) is 33.0. The Labute approximate surface area is 307 Å². The van der Waals surface area contributed by atoms with Crippen molar-refractivity contribution >= 4 is 18.0 Å². The van der Waals surface area contributed by atoms with Crippen LogP contribution in [0.3, 0.4) is 0 Å². The van der Waals surface area contributed by atoms with Crippen LogP contribution >= 0.6 is 0 Å². The summed E-state index contributed by atoms with van der Waals surface area (Å²) in [7, 11) is 0. The van der Waals surface area contributed by atoms with Gasteiger partial charge in [-0.3, -0.25) is 9.59 Å². The molecule has 1 aromatic rings. The number of hydrogen-bond acceptors (Lipinski definition) is 4. The summed E-state index contributed by atoms with van der Waals surface area (Å²) in [5.74, 6) is 0.883. The molecular weight excluding hydrogens is 636 g/mol. The number of hydrogen-bond donors (Lipinski definition) is 3. The Morgan fingerprint density at radius 3 is 2.24 bits per heavy atom. The number of ether oxygens (including phenoxy) is 1. The summed E-state index contributed by atoms with van der Waals surface area (Å²) in [5, 5.41) is 16.5. The van der Waals surface area contributed by atoms with Crippen LogP contribution in [0, 0.1) is 56.7 Å². The third-order valence-corrected chi connectivity index (χ3v) is 16.5. The van der Waals surface area contributed by atoms with Crippen LogP contribution in [-0.2, 0) is 14.3 Å². The number of amides is 2. The van der Waals surface area contributed by atoms with Gasteiger partial charge in [0.25, 0.3) is 0 Å². The number of carboxylic acids is 1. The Morgan fingerprint density at radius 2 is 1.59 bits per heavy atom. The monoisotopic (exact) mass is 702 g/mol. The lowest BCUT2D eigenvalue weighted by Crippen LogP contribution is -2.69. The van der Waals surface area contributed by atoms with Gasteiger partial charge in [-0.05, 0) is 143 Å². The average Bonchev–Trinajstić information content (AvgIpc) is 3.42. The molecule has 51 heavy (non-hydrogen) atoms. The van der Waals surface area contributed by atoms with E-state index in [9.17, 15) is 19.5 Å². The highest BCUT2D eigenvalue weighted by Crippen LogP contribution is 2.76. The van der Waals surface area contributed by atoms with Crippen molar-refractivity contribution in [3.05, 3.63) is 48.0 Å². The number of esters is 1. The molecule has 7 nitrogen and oxygen atoms in total. The van der Waals surface area contributed by atoms with E-state index in [-0.39, 0.29) is 51.8 Å². The topological polar surface area (TPSA) is 105 Å². The quantitative estimate of drug-likeness (QED) is 0.185. The molecule has 0 aliphatic heterocycles. The van der Waals surface area contributed by atoms with Crippen molar-refractivity contribution in [1.82, 2.24) is 10.6 Å². The number of nitrogens with one attached hydrogen (secondary N) is 2. The minimum Gasteiger partial charge on any atom is -0.481 e. The number of benzene rings is 1.